The lowest BCUT2D eigenvalue weighted by atomic mass is 9.73. The molecule has 0 aliphatic heterocycles. The van der Waals surface area contributed by atoms with Crippen LogP contribution in [-0.4, -0.2) is 34.4 Å². The van der Waals surface area contributed by atoms with E-state index in [0.29, 0.717) is 29.9 Å². The van der Waals surface area contributed by atoms with Crippen LogP contribution in [0.1, 0.15) is 45.4 Å². The van der Waals surface area contributed by atoms with Gasteiger partial charge in [-0.2, -0.15) is 0 Å². The van der Waals surface area contributed by atoms with Crippen molar-refractivity contribution in [2.75, 3.05) is 12.3 Å². The van der Waals surface area contributed by atoms with E-state index in [-0.39, 0.29) is 0 Å². The van der Waals surface area contributed by atoms with Crippen LogP contribution < -0.4 is 11.5 Å². The minimum absolute atomic E-state index is 0.371. The molecule has 0 bridgehead atoms. The molecule has 2 aromatic rings. The van der Waals surface area contributed by atoms with Gasteiger partial charge in [-0.05, 0) is 63.9 Å². The molecule has 1 aromatic heterocycles. The first kappa shape index (κ1) is 19.9. The van der Waals surface area contributed by atoms with Crippen molar-refractivity contribution in [2.45, 2.75) is 51.6 Å². The molecule has 0 fully saturated rings. The molecule has 0 spiro atoms. The van der Waals surface area contributed by atoms with Crippen molar-refractivity contribution in [3.8, 4) is 0 Å². The van der Waals surface area contributed by atoms with E-state index >= 15 is 0 Å². The molecule has 1 atom stereocenters. The van der Waals surface area contributed by atoms with Gasteiger partial charge in [0.15, 0.2) is 0 Å². The van der Waals surface area contributed by atoms with Crippen LogP contribution >= 0.6 is 0 Å². The number of nitrogens with zero attached hydrogens (tertiary/aromatic N) is 2. The second kappa shape index (κ2) is 8.32. The Balaban J connectivity index is 2.53. The quantitative estimate of drug-likeness (QED) is 0.714. The highest BCUT2D eigenvalue weighted by atomic mass is 16.1. The van der Waals surface area contributed by atoms with Gasteiger partial charge < -0.3 is 11.5 Å². The summed E-state index contributed by atoms with van der Waals surface area (Å²) in [6.07, 6.45) is 2.26. The lowest BCUT2D eigenvalue weighted by Crippen LogP contribution is -2.47. The van der Waals surface area contributed by atoms with E-state index in [0.717, 1.165) is 12.1 Å². The second-order valence-electron chi connectivity index (χ2n) is 7.28. The zero-order chi connectivity index (χ0) is 19.3. The number of amides is 1. The average molecular weight is 354 g/mol. The van der Waals surface area contributed by atoms with Crippen molar-refractivity contribution in [1.29, 1.82) is 0 Å². The Morgan fingerprint density at radius 1 is 1.08 bits per heavy atom. The van der Waals surface area contributed by atoms with Gasteiger partial charge in [0.05, 0.1) is 5.69 Å². The van der Waals surface area contributed by atoms with Gasteiger partial charge in [-0.25, -0.2) is 0 Å². The number of aromatic nitrogens is 1. The smallest absolute Gasteiger partial charge is 0.234 e. The van der Waals surface area contributed by atoms with Crippen LogP contribution in [0.3, 0.4) is 0 Å². The molecule has 1 amide bonds. The van der Waals surface area contributed by atoms with Gasteiger partial charge in [0.25, 0.3) is 0 Å². The van der Waals surface area contributed by atoms with Crippen molar-refractivity contribution in [3.05, 3.63) is 59.9 Å². The Hall–Kier alpha value is -2.40. The van der Waals surface area contributed by atoms with Crippen LogP contribution in [0, 0.1) is 0 Å². The molecule has 0 saturated heterocycles. The highest BCUT2D eigenvalue weighted by Gasteiger charge is 2.42. The summed E-state index contributed by atoms with van der Waals surface area (Å²) in [4.78, 5) is 19.6. The maximum absolute atomic E-state index is 12.8. The zero-order valence-corrected chi connectivity index (χ0v) is 16.1. The van der Waals surface area contributed by atoms with Crippen LogP contribution in [-0.2, 0) is 10.2 Å². The lowest BCUT2D eigenvalue weighted by Gasteiger charge is -2.36. The summed E-state index contributed by atoms with van der Waals surface area (Å²) in [6.45, 7) is 9.39. The highest BCUT2D eigenvalue weighted by Crippen LogP contribution is 2.35. The van der Waals surface area contributed by atoms with Crippen molar-refractivity contribution < 1.29 is 4.79 Å². The SMILES string of the molecule is CC(C)N(CCC(C(N)=O)(c1ccc(N)cc1)c1ccccn1)C(C)C. The third-order valence-corrected chi connectivity index (χ3v) is 5.00. The predicted octanol–water partition coefficient (Wildman–Crippen LogP) is 2.94. The monoisotopic (exact) mass is 354 g/mol. The summed E-state index contributed by atoms with van der Waals surface area (Å²) < 4.78 is 0. The van der Waals surface area contributed by atoms with Crippen LogP contribution in [0.4, 0.5) is 5.69 Å². The highest BCUT2D eigenvalue weighted by molar-refractivity contribution is 5.90. The number of rotatable bonds is 8. The van der Waals surface area contributed by atoms with Crippen LogP contribution in [0.15, 0.2) is 48.7 Å². The van der Waals surface area contributed by atoms with Crippen molar-refractivity contribution >= 4 is 11.6 Å². The molecular weight excluding hydrogens is 324 g/mol. The number of hydrogen-bond acceptors (Lipinski definition) is 4. The number of nitrogens with two attached hydrogens (primary N) is 2. The number of hydrogen-bond donors (Lipinski definition) is 2. The van der Waals surface area contributed by atoms with E-state index < -0.39 is 11.3 Å². The van der Waals surface area contributed by atoms with Gasteiger partial charge in [-0.15, -0.1) is 0 Å². The minimum atomic E-state index is -0.989. The maximum atomic E-state index is 12.8. The molecule has 1 heterocycles. The molecular formula is C21H30N4O. The van der Waals surface area contributed by atoms with Crippen molar-refractivity contribution in [1.82, 2.24) is 9.88 Å². The second-order valence-corrected chi connectivity index (χ2v) is 7.28. The number of benzene rings is 1. The van der Waals surface area contributed by atoms with Gasteiger partial charge >= 0.3 is 0 Å². The van der Waals surface area contributed by atoms with E-state index in [1.54, 1.807) is 18.3 Å². The fraction of sp³-hybridized carbons (Fsp3) is 0.429. The molecule has 1 aromatic carbocycles. The van der Waals surface area contributed by atoms with Gasteiger partial charge in [-0.3, -0.25) is 14.7 Å². The summed E-state index contributed by atoms with van der Waals surface area (Å²) in [7, 11) is 0. The van der Waals surface area contributed by atoms with Crippen molar-refractivity contribution in [2.24, 2.45) is 5.73 Å². The topological polar surface area (TPSA) is 85.2 Å². The predicted molar refractivity (Wildman–Crippen MR) is 107 cm³/mol. The molecule has 0 aliphatic carbocycles. The van der Waals surface area contributed by atoms with E-state index in [2.05, 4.69) is 37.6 Å². The molecule has 0 saturated carbocycles. The fourth-order valence-corrected chi connectivity index (χ4v) is 3.60. The first-order valence-electron chi connectivity index (χ1n) is 9.12. The van der Waals surface area contributed by atoms with E-state index in [1.165, 1.54) is 0 Å². The summed E-state index contributed by atoms with van der Waals surface area (Å²) in [5, 5.41) is 0. The molecule has 0 aliphatic rings. The molecule has 0 radical (unpaired) electrons. The molecule has 26 heavy (non-hydrogen) atoms. The Morgan fingerprint density at radius 3 is 2.15 bits per heavy atom. The summed E-state index contributed by atoms with van der Waals surface area (Å²) in [6, 6.07) is 13.7. The summed E-state index contributed by atoms with van der Waals surface area (Å²) >= 11 is 0. The van der Waals surface area contributed by atoms with Crippen LogP contribution in [0.2, 0.25) is 0 Å². The number of pyridine rings is 1. The van der Waals surface area contributed by atoms with E-state index in [4.69, 9.17) is 11.5 Å². The molecule has 140 valence electrons. The molecule has 5 nitrogen and oxygen atoms in total. The Kier molecular flexibility index (Phi) is 6.37. The summed E-state index contributed by atoms with van der Waals surface area (Å²) in [5.41, 5.74) is 13.0. The molecule has 5 heteroatoms. The molecule has 2 rings (SSSR count). The largest absolute Gasteiger partial charge is 0.399 e. The first-order chi connectivity index (χ1) is 12.3. The third kappa shape index (κ3) is 4.05. The van der Waals surface area contributed by atoms with Gasteiger partial charge in [0, 0.05) is 30.5 Å². The number of anilines is 1. The van der Waals surface area contributed by atoms with Gasteiger partial charge in [0.2, 0.25) is 5.91 Å². The van der Waals surface area contributed by atoms with Gasteiger partial charge in [0.1, 0.15) is 5.41 Å². The van der Waals surface area contributed by atoms with E-state index in [9.17, 15) is 4.79 Å². The van der Waals surface area contributed by atoms with Gasteiger partial charge in [-0.1, -0.05) is 18.2 Å². The fourth-order valence-electron chi connectivity index (χ4n) is 3.60. The minimum Gasteiger partial charge on any atom is -0.399 e. The summed E-state index contributed by atoms with van der Waals surface area (Å²) in [5.74, 6) is -0.395. The van der Waals surface area contributed by atoms with E-state index in [1.807, 2.05) is 30.3 Å². The maximum Gasteiger partial charge on any atom is 0.234 e. The number of nitrogen functional groups attached to an aromatic ring is 1. The third-order valence-electron chi connectivity index (χ3n) is 5.00. The first-order valence-corrected chi connectivity index (χ1v) is 9.12. The van der Waals surface area contributed by atoms with Crippen molar-refractivity contribution in [3.63, 3.8) is 0 Å². The van der Waals surface area contributed by atoms with Crippen LogP contribution in [0.25, 0.3) is 0 Å². The Bertz CT molecular complexity index is 705. The Morgan fingerprint density at radius 2 is 1.69 bits per heavy atom. The number of carbonyl (C=O) groups excluding carboxylic acids is 1. The normalized spacial score (nSPS) is 14.0. The zero-order valence-electron chi connectivity index (χ0n) is 16.1. The van der Waals surface area contributed by atoms with Crippen LogP contribution in [0.5, 0.6) is 0 Å². The number of carbonyl (C=O) groups is 1. The standard InChI is InChI=1S/C21H30N4O/c1-15(2)25(16(3)4)14-12-21(20(23)26,19-7-5-6-13-24-19)17-8-10-18(22)11-9-17/h5-11,13,15-16H,12,14,22H2,1-4H3,(H2,23,26). The Labute approximate surface area is 156 Å². The lowest BCUT2D eigenvalue weighted by molar-refractivity contribution is -0.122. The average Bonchev–Trinajstić information content (AvgIpc) is 2.59. The number of primary amides is 1. The molecule has 1 unspecified atom stereocenters. The molecule has 4 N–H and O–H groups in total.